The summed E-state index contributed by atoms with van der Waals surface area (Å²) in [6.07, 6.45) is 0. The molecule has 3 nitrogen and oxygen atoms in total. The molecular formula is C16H18O3. The Kier molecular flexibility index (Phi) is 4.05. The molecule has 0 aromatic heterocycles. The van der Waals surface area contributed by atoms with Crippen LogP contribution in [-0.4, -0.2) is 19.7 Å². The van der Waals surface area contributed by atoms with Gasteiger partial charge in [0.2, 0.25) is 0 Å². The lowest BCUT2D eigenvalue weighted by Gasteiger charge is -2.12. The van der Waals surface area contributed by atoms with Gasteiger partial charge in [0, 0.05) is 0 Å². The molecule has 0 N–H and O–H groups in total. The van der Waals surface area contributed by atoms with Crippen LogP contribution in [0.1, 0.15) is 25.3 Å². The molecule has 2 rings (SSSR count). The molecule has 0 spiro atoms. The average molecular weight is 258 g/mol. The molecule has 3 heteroatoms. The number of ether oxygens (including phenoxy) is 2. The van der Waals surface area contributed by atoms with Crippen molar-refractivity contribution in [2.24, 2.45) is 0 Å². The SMILES string of the molecule is CCOC(=O)[C@@H](C)c1ccc2cc(OC)ccc2c1. The van der Waals surface area contributed by atoms with Crippen LogP contribution in [0.3, 0.4) is 0 Å². The van der Waals surface area contributed by atoms with Crippen molar-refractivity contribution < 1.29 is 14.3 Å². The number of hydrogen-bond acceptors (Lipinski definition) is 3. The summed E-state index contributed by atoms with van der Waals surface area (Å²) in [7, 11) is 1.65. The van der Waals surface area contributed by atoms with E-state index in [9.17, 15) is 4.79 Å². The first kappa shape index (κ1) is 13.4. The van der Waals surface area contributed by atoms with E-state index in [0.717, 1.165) is 22.1 Å². The molecule has 0 amide bonds. The highest BCUT2D eigenvalue weighted by Gasteiger charge is 2.16. The number of rotatable bonds is 4. The highest BCUT2D eigenvalue weighted by Crippen LogP contribution is 2.25. The average Bonchev–Trinajstić information content (AvgIpc) is 2.45. The minimum Gasteiger partial charge on any atom is -0.497 e. The maximum atomic E-state index is 11.7. The summed E-state index contributed by atoms with van der Waals surface area (Å²) in [6, 6.07) is 11.9. The van der Waals surface area contributed by atoms with Gasteiger partial charge in [-0.15, -0.1) is 0 Å². The summed E-state index contributed by atoms with van der Waals surface area (Å²) < 4.78 is 10.2. The van der Waals surface area contributed by atoms with E-state index < -0.39 is 0 Å². The van der Waals surface area contributed by atoms with Gasteiger partial charge in [-0.3, -0.25) is 4.79 Å². The number of fused-ring (bicyclic) bond motifs is 1. The Bertz CT molecular complexity index is 590. The fourth-order valence-corrected chi connectivity index (χ4v) is 2.04. The van der Waals surface area contributed by atoms with Crippen molar-refractivity contribution in [3.8, 4) is 5.75 Å². The third kappa shape index (κ3) is 2.87. The second-order valence-electron chi connectivity index (χ2n) is 4.45. The second kappa shape index (κ2) is 5.74. The maximum Gasteiger partial charge on any atom is 0.313 e. The van der Waals surface area contributed by atoms with Gasteiger partial charge in [0.15, 0.2) is 0 Å². The predicted octanol–water partition coefficient (Wildman–Crippen LogP) is 3.52. The van der Waals surface area contributed by atoms with Gasteiger partial charge < -0.3 is 9.47 Å². The molecule has 0 fully saturated rings. The third-order valence-electron chi connectivity index (χ3n) is 3.21. The molecule has 0 bridgehead atoms. The van der Waals surface area contributed by atoms with Gasteiger partial charge in [-0.25, -0.2) is 0 Å². The smallest absolute Gasteiger partial charge is 0.313 e. The van der Waals surface area contributed by atoms with E-state index >= 15 is 0 Å². The van der Waals surface area contributed by atoms with E-state index in [0.29, 0.717) is 6.61 Å². The van der Waals surface area contributed by atoms with Crippen LogP contribution in [0.5, 0.6) is 5.75 Å². The van der Waals surface area contributed by atoms with Crippen LogP contribution in [0, 0.1) is 0 Å². The molecule has 19 heavy (non-hydrogen) atoms. The first-order chi connectivity index (χ1) is 9.15. The van der Waals surface area contributed by atoms with Gasteiger partial charge in [0.1, 0.15) is 5.75 Å². The van der Waals surface area contributed by atoms with Crippen molar-refractivity contribution >= 4 is 16.7 Å². The van der Waals surface area contributed by atoms with Gasteiger partial charge in [0.05, 0.1) is 19.6 Å². The van der Waals surface area contributed by atoms with Crippen molar-refractivity contribution in [2.75, 3.05) is 13.7 Å². The maximum absolute atomic E-state index is 11.7. The van der Waals surface area contributed by atoms with E-state index in [1.54, 1.807) is 7.11 Å². The number of benzene rings is 2. The van der Waals surface area contributed by atoms with Gasteiger partial charge in [-0.1, -0.05) is 24.3 Å². The minimum absolute atomic E-state index is 0.185. The van der Waals surface area contributed by atoms with Crippen LogP contribution in [0.15, 0.2) is 36.4 Å². The molecule has 100 valence electrons. The molecule has 0 aliphatic carbocycles. The van der Waals surface area contributed by atoms with Gasteiger partial charge in [-0.05, 0) is 42.3 Å². The number of methoxy groups -OCH3 is 1. The van der Waals surface area contributed by atoms with E-state index in [1.165, 1.54) is 0 Å². The zero-order valence-electron chi connectivity index (χ0n) is 11.5. The molecule has 0 aliphatic heterocycles. The Morgan fingerprint density at radius 3 is 2.53 bits per heavy atom. The molecule has 0 saturated carbocycles. The number of carbonyl (C=O) groups is 1. The summed E-state index contributed by atoms with van der Waals surface area (Å²) in [5.41, 5.74) is 0.969. The minimum atomic E-state index is -0.244. The van der Waals surface area contributed by atoms with Crippen molar-refractivity contribution in [3.63, 3.8) is 0 Å². The first-order valence-electron chi connectivity index (χ1n) is 6.40. The second-order valence-corrected chi connectivity index (χ2v) is 4.45. The van der Waals surface area contributed by atoms with Crippen LogP contribution in [0.2, 0.25) is 0 Å². The van der Waals surface area contributed by atoms with Crippen molar-refractivity contribution in [3.05, 3.63) is 42.0 Å². The third-order valence-corrected chi connectivity index (χ3v) is 3.21. The molecule has 2 aromatic rings. The predicted molar refractivity (Wildman–Crippen MR) is 75.5 cm³/mol. The fraction of sp³-hybridized carbons (Fsp3) is 0.312. The zero-order chi connectivity index (χ0) is 13.8. The lowest BCUT2D eigenvalue weighted by atomic mass is 9.98. The summed E-state index contributed by atoms with van der Waals surface area (Å²) in [4.78, 5) is 11.7. The van der Waals surface area contributed by atoms with E-state index in [1.807, 2.05) is 50.2 Å². The molecule has 2 aromatic carbocycles. The standard InChI is InChI=1S/C16H18O3/c1-4-19-16(17)11(2)12-5-6-14-10-15(18-3)8-7-13(14)9-12/h5-11H,4H2,1-3H3/t11-/m0/s1. The Labute approximate surface area is 113 Å². The summed E-state index contributed by atoms with van der Waals surface area (Å²) in [5.74, 6) is 0.403. The zero-order valence-corrected chi connectivity index (χ0v) is 11.5. The lowest BCUT2D eigenvalue weighted by Crippen LogP contribution is -2.12. The molecule has 0 radical (unpaired) electrons. The molecule has 0 unspecified atom stereocenters. The number of carbonyl (C=O) groups excluding carboxylic acids is 1. The Morgan fingerprint density at radius 1 is 1.16 bits per heavy atom. The summed E-state index contributed by atoms with van der Waals surface area (Å²) in [6.45, 7) is 4.09. The topological polar surface area (TPSA) is 35.5 Å². The van der Waals surface area contributed by atoms with Crippen molar-refractivity contribution in [1.29, 1.82) is 0 Å². The van der Waals surface area contributed by atoms with Crippen LogP contribution >= 0.6 is 0 Å². The Hall–Kier alpha value is -2.03. The highest BCUT2D eigenvalue weighted by molar-refractivity contribution is 5.86. The summed E-state index contributed by atoms with van der Waals surface area (Å²) >= 11 is 0. The van der Waals surface area contributed by atoms with Crippen LogP contribution in [0.4, 0.5) is 0 Å². The normalized spacial score (nSPS) is 12.2. The number of hydrogen-bond donors (Lipinski definition) is 0. The van der Waals surface area contributed by atoms with Crippen LogP contribution in [0.25, 0.3) is 10.8 Å². The first-order valence-corrected chi connectivity index (χ1v) is 6.40. The summed E-state index contributed by atoms with van der Waals surface area (Å²) in [5, 5.41) is 2.19. The quantitative estimate of drug-likeness (QED) is 0.787. The van der Waals surface area contributed by atoms with Gasteiger partial charge in [0.25, 0.3) is 0 Å². The molecular weight excluding hydrogens is 240 g/mol. The van der Waals surface area contributed by atoms with Gasteiger partial charge >= 0.3 is 5.97 Å². The van der Waals surface area contributed by atoms with Crippen LogP contribution in [-0.2, 0) is 9.53 Å². The monoisotopic (exact) mass is 258 g/mol. The Morgan fingerprint density at radius 2 is 1.84 bits per heavy atom. The highest BCUT2D eigenvalue weighted by atomic mass is 16.5. The van der Waals surface area contributed by atoms with E-state index in [4.69, 9.17) is 9.47 Å². The molecule has 1 atom stereocenters. The fourth-order valence-electron chi connectivity index (χ4n) is 2.04. The molecule has 0 heterocycles. The van der Waals surface area contributed by atoms with Crippen LogP contribution < -0.4 is 4.74 Å². The van der Waals surface area contributed by atoms with E-state index in [2.05, 4.69) is 0 Å². The number of esters is 1. The molecule has 0 aliphatic rings. The largest absolute Gasteiger partial charge is 0.497 e. The Balaban J connectivity index is 2.33. The van der Waals surface area contributed by atoms with Gasteiger partial charge in [-0.2, -0.15) is 0 Å². The van der Waals surface area contributed by atoms with Crippen molar-refractivity contribution in [2.45, 2.75) is 19.8 Å². The van der Waals surface area contributed by atoms with Crippen molar-refractivity contribution in [1.82, 2.24) is 0 Å². The lowest BCUT2D eigenvalue weighted by molar-refractivity contribution is -0.144. The van der Waals surface area contributed by atoms with E-state index in [-0.39, 0.29) is 11.9 Å². The molecule has 0 saturated heterocycles.